The smallest absolute Gasteiger partial charge is 0.0419 e. The molecule has 0 saturated heterocycles. The third-order valence-corrected chi connectivity index (χ3v) is 3.68. The van der Waals surface area contributed by atoms with Gasteiger partial charge in [-0.1, -0.05) is 31.7 Å². The highest BCUT2D eigenvalue weighted by Gasteiger charge is 2.19. The van der Waals surface area contributed by atoms with E-state index in [0.717, 1.165) is 12.1 Å². The quantitative estimate of drug-likeness (QED) is 0.792. The number of nitrogens with two attached hydrogens (primary N) is 1. The van der Waals surface area contributed by atoms with Crippen molar-refractivity contribution in [3.63, 3.8) is 0 Å². The van der Waals surface area contributed by atoms with E-state index in [2.05, 4.69) is 11.1 Å². The van der Waals surface area contributed by atoms with Crippen LogP contribution in [0.15, 0.2) is 24.4 Å². The minimum absolute atomic E-state index is 0.299. The van der Waals surface area contributed by atoms with Gasteiger partial charge in [0.2, 0.25) is 0 Å². The van der Waals surface area contributed by atoms with E-state index in [1.165, 1.54) is 38.5 Å². The summed E-state index contributed by atoms with van der Waals surface area (Å²) in [4.78, 5) is 4.36. The van der Waals surface area contributed by atoms with Gasteiger partial charge < -0.3 is 5.73 Å². The third kappa shape index (κ3) is 3.31. The highest BCUT2D eigenvalue weighted by molar-refractivity contribution is 5.05. The van der Waals surface area contributed by atoms with Crippen LogP contribution in [-0.4, -0.2) is 11.0 Å². The second-order valence-electron chi connectivity index (χ2n) is 4.94. The monoisotopic (exact) mass is 218 g/mol. The summed E-state index contributed by atoms with van der Waals surface area (Å²) in [5.41, 5.74) is 7.45. The van der Waals surface area contributed by atoms with Crippen molar-refractivity contribution >= 4 is 0 Å². The van der Waals surface area contributed by atoms with Crippen molar-refractivity contribution in [1.29, 1.82) is 0 Å². The van der Waals surface area contributed by atoms with Gasteiger partial charge in [0.15, 0.2) is 0 Å². The fourth-order valence-electron chi connectivity index (χ4n) is 2.67. The lowest BCUT2D eigenvalue weighted by Crippen LogP contribution is -2.32. The van der Waals surface area contributed by atoms with Crippen molar-refractivity contribution in [1.82, 2.24) is 4.98 Å². The highest BCUT2D eigenvalue weighted by Crippen LogP contribution is 2.25. The number of rotatable bonds is 3. The van der Waals surface area contributed by atoms with Crippen LogP contribution in [0.1, 0.15) is 44.2 Å². The number of aromatic nitrogens is 1. The van der Waals surface area contributed by atoms with E-state index in [4.69, 9.17) is 5.73 Å². The van der Waals surface area contributed by atoms with Gasteiger partial charge in [-0.3, -0.25) is 4.98 Å². The van der Waals surface area contributed by atoms with Crippen LogP contribution >= 0.6 is 0 Å². The molecule has 16 heavy (non-hydrogen) atoms. The molecular weight excluding hydrogens is 196 g/mol. The average molecular weight is 218 g/mol. The molecule has 1 atom stereocenters. The first kappa shape index (κ1) is 11.6. The lowest BCUT2D eigenvalue weighted by Gasteiger charge is -2.21. The van der Waals surface area contributed by atoms with Gasteiger partial charge in [0.05, 0.1) is 0 Å². The maximum Gasteiger partial charge on any atom is 0.0419 e. The SMILES string of the molecule is NC(Cc1ccccn1)C1CCCCCC1. The van der Waals surface area contributed by atoms with E-state index in [1.54, 1.807) is 0 Å². The molecular formula is C14H22N2. The zero-order chi connectivity index (χ0) is 11.2. The molecule has 88 valence electrons. The molecule has 1 fully saturated rings. The topological polar surface area (TPSA) is 38.9 Å². The molecule has 1 aliphatic carbocycles. The molecule has 0 aromatic carbocycles. The summed E-state index contributed by atoms with van der Waals surface area (Å²) >= 11 is 0. The molecule has 0 spiro atoms. The second kappa shape index (κ2) is 6.00. The number of nitrogens with zero attached hydrogens (tertiary/aromatic N) is 1. The van der Waals surface area contributed by atoms with Crippen LogP contribution in [0.25, 0.3) is 0 Å². The van der Waals surface area contributed by atoms with Gasteiger partial charge in [-0.15, -0.1) is 0 Å². The maximum absolute atomic E-state index is 6.31. The molecule has 2 nitrogen and oxygen atoms in total. The highest BCUT2D eigenvalue weighted by atomic mass is 14.7. The summed E-state index contributed by atoms with van der Waals surface area (Å²) in [6.45, 7) is 0. The predicted octanol–water partition coefficient (Wildman–Crippen LogP) is 2.92. The summed E-state index contributed by atoms with van der Waals surface area (Å²) in [6.07, 6.45) is 10.9. The van der Waals surface area contributed by atoms with E-state index in [9.17, 15) is 0 Å². The number of hydrogen-bond acceptors (Lipinski definition) is 2. The van der Waals surface area contributed by atoms with Gasteiger partial charge in [-0.2, -0.15) is 0 Å². The molecule has 0 bridgehead atoms. The van der Waals surface area contributed by atoms with Crippen LogP contribution in [0, 0.1) is 5.92 Å². The Labute approximate surface area is 98.3 Å². The molecule has 1 saturated carbocycles. The molecule has 1 aliphatic rings. The minimum atomic E-state index is 0.299. The number of hydrogen-bond donors (Lipinski definition) is 1. The van der Waals surface area contributed by atoms with Crippen LogP contribution in [-0.2, 0) is 6.42 Å². The lowest BCUT2D eigenvalue weighted by molar-refractivity contribution is 0.370. The van der Waals surface area contributed by atoms with Crippen molar-refractivity contribution in [2.75, 3.05) is 0 Å². The van der Waals surface area contributed by atoms with E-state index >= 15 is 0 Å². The first-order valence-corrected chi connectivity index (χ1v) is 6.52. The summed E-state index contributed by atoms with van der Waals surface area (Å²) in [5, 5.41) is 0. The molecule has 2 rings (SSSR count). The van der Waals surface area contributed by atoms with Crippen molar-refractivity contribution in [2.45, 2.75) is 51.0 Å². The number of pyridine rings is 1. The van der Waals surface area contributed by atoms with E-state index in [1.807, 2.05) is 18.3 Å². The zero-order valence-corrected chi connectivity index (χ0v) is 9.94. The Balaban J connectivity index is 1.89. The summed E-state index contributed by atoms with van der Waals surface area (Å²) in [5.74, 6) is 0.713. The summed E-state index contributed by atoms with van der Waals surface area (Å²) in [6, 6.07) is 6.38. The molecule has 0 amide bonds. The van der Waals surface area contributed by atoms with Crippen LogP contribution in [0.4, 0.5) is 0 Å². The Bertz CT molecular complexity index is 289. The van der Waals surface area contributed by atoms with Gasteiger partial charge in [-0.05, 0) is 30.9 Å². The molecule has 0 aliphatic heterocycles. The Morgan fingerprint density at radius 3 is 2.56 bits per heavy atom. The first-order chi connectivity index (χ1) is 7.86. The summed E-state index contributed by atoms with van der Waals surface area (Å²) < 4.78 is 0. The van der Waals surface area contributed by atoms with Crippen LogP contribution in [0.5, 0.6) is 0 Å². The normalized spacial score (nSPS) is 20.3. The Morgan fingerprint density at radius 1 is 1.19 bits per heavy atom. The fourth-order valence-corrected chi connectivity index (χ4v) is 2.67. The molecule has 2 heteroatoms. The van der Waals surface area contributed by atoms with Crippen LogP contribution in [0.2, 0.25) is 0 Å². The van der Waals surface area contributed by atoms with Crippen LogP contribution in [0.3, 0.4) is 0 Å². The van der Waals surface area contributed by atoms with E-state index in [0.29, 0.717) is 12.0 Å². The third-order valence-electron chi connectivity index (χ3n) is 3.68. The molecule has 1 aromatic heterocycles. The molecule has 2 N–H and O–H groups in total. The second-order valence-corrected chi connectivity index (χ2v) is 4.94. The molecule has 1 unspecified atom stereocenters. The average Bonchev–Trinajstić information content (AvgIpc) is 2.59. The Hall–Kier alpha value is -0.890. The van der Waals surface area contributed by atoms with Gasteiger partial charge >= 0.3 is 0 Å². The van der Waals surface area contributed by atoms with Crippen LogP contribution < -0.4 is 5.73 Å². The maximum atomic E-state index is 6.31. The van der Waals surface area contributed by atoms with Gasteiger partial charge in [0, 0.05) is 24.4 Å². The largest absolute Gasteiger partial charge is 0.327 e. The van der Waals surface area contributed by atoms with Crippen molar-refractivity contribution in [2.24, 2.45) is 11.7 Å². The first-order valence-electron chi connectivity index (χ1n) is 6.52. The van der Waals surface area contributed by atoms with Gasteiger partial charge in [0.1, 0.15) is 0 Å². The lowest BCUT2D eigenvalue weighted by atomic mass is 9.89. The molecule has 1 aromatic rings. The van der Waals surface area contributed by atoms with Crippen molar-refractivity contribution < 1.29 is 0 Å². The van der Waals surface area contributed by atoms with Crippen molar-refractivity contribution in [3.05, 3.63) is 30.1 Å². The predicted molar refractivity (Wildman–Crippen MR) is 67.1 cm³/mol. The summed E-state index contributed by atoms with van der Waals surface area (Å²) in [7, 11) is 0. The minimum Gasteiger partial charge on any atom is -0.327 e. The zero-order valence-electron chi connectivity index (χ0n) is 9.94. The van der Waals surface area contributed by atoms with Crippen molar-refractivity contribution in [3.8, 4) is 0 Å². The van der Waals surface area contributed by atoms with Gasteiger partial charge in [0.25, 0.3) is 0 Å². The standard InChI is InChI=1S/C14H22N2/c15-14(11-13-9-5-6-10-16-13)12-7-3-1-2-4-8-12/h5-6,9-10,12,14H,1-4,7-8,11,15H2. The van der Waals surface area contributed by atoms with E-state index < -0.39 is 0 Å². The van der Waals surface area contributed by atoms with E-state index in [-0.39, 0.29) is 0 Å². The Morgan fingerprint density at radius 2 is 1.94 bits per heavy atom. The molecule has 1 heterocycles. The molecule has 0 radical (unpaired) electrons. The Kier molecular flexibility index (Phi) is 4.34. The fraction of sp³-hybridized carbons (Fsp3) is 0.643. The van der Waals surface area contributed by atoms with Gasteiger partial charge in [-0.25, -0.2) is 0 Å².